The van der Waals surface area contributed by atoms with Gasteiger partial charge < -0.3 is 15.8 Å². The summed E-state index contributed by atoms with van der Waals surface area (Å²) < 4.78 is 0. The number of carboxylic acid groups (broad SMARTS) is 1. The van der Waals surface area contributed by atoms with Crippen LogP contribution < -0.4 is 0 Å². The third-order valence-corrected chi connectivity index (χ3v) is 1.24. The Kier molecular flexibility index (Phi) is 1.96. The van der Waals surface area contributed by atoms with Gasteiger partial charge in [0.1, 0.15) is 0 Å². The number of hydrogen-bond donors (Lipinski definition) is 1. The Morgan fingerprint density at radius 1 is 1.45 bits per heavy atom. The molecule has 0 aliphatic heterocycles. The number of carbonyl (C=O) groups is 1. The van der Waals surface area contributed by atoms with Crippen molar-refractivity contribution in [2.75, 3.05) is 0 Å². The maximum Gasteiger partial charge on any atom is 0.337 e. The quantitative estimate of drug-likeness (QED) is 0.653. The minimum absolute atomic E-state index is 0.00463. The van der Waals surface area contributed by atoms with Gasteiger partial charge in [0.05, 0.1) is 11.3 Å². The summed E-state index contributed by atoms with van der Waals surface area (Å²) in [6.45, 7) is 0. The normalized spacial score (nSPS) is 9.09. The molecule has 0 amide bonds. The van der Waals surface area contributed by atoms with Crippen LogP contribution in [0.25, 0.3) is 5.53 Å². The molecular formula is C7H5N2O2-. The van der Waals surface area contributed by atoms with E-state index in [1.54, 1.807) is 12.1 Å². The largest absolute Gasteiger partial charge is 0.706 e. The topological polar surface area (TPSA) is 72.0 Å². The Morgan fingerprint density at radius 3 is 2.55 bits per heavy atom. The van der Waals surface area contributed by atoms with E-state index in [9.17, 15) is 4.79 Å². The molecule has 4 nitrogen and oxygen atoms in total. The molecule has 0 saturated heterocycles. The van der Waals surface area contributed by atoms with Crippen LogP contribution in [0, 0.1) is 0 Å². The van der Waals surface area contributed by atoms with E-state index in [4.69, 9.17) is 10.6 Å². The molecule has 0 fully saturated rings. The highest BCUT2D eigenvalue weighted by Gasteiger charge is 2.04. The Morgan fingerprint density at radius 2 is 2.09 bits per heavy atom. The number of benzene rings is 1. The molecule has 0 saturated carbocycles. The van der Waals surface area contributed by atoms with E-state index in [0.29, 0.717) is 0 Å². The van der Waals surface area contributed by atoms with Gasteiger partial charge in [0.25, 0.3) is 0 Å². The van der Waals surface area contributed by atoms with Gasteiger partial charge in [-0.2, -0.15) is 0 Å². The summed E-state index contributed by atoms with van der Waals surface area (Å²) in [6, 6.07) is 5.96. The first kappa shape index (κ1) is 7.40. The lowest BCUT2D eigenvalue weighted by molar-refractivity contribution is 0.0698. The highest BCUT2D eigenvalue weighted by Crippen LogP contribution is 2.17. The van der Waals surface area contributed by atoms with Crippen molar-refractivity contribution in [3.05, 3.63) is 35.4 Å². The summed E-state index contributed by atoms with van der Waals surface area (Å²) >= 11 is 0. The zero-order valence-corrected chi connectivity index (χ0v) is 5.56. The second-order valence-corrected chi connectivity index (χ2v) is 1.92. The molecule has 1 N–H and O–H groups in total. The van der Waals surface area contributed by atoms with Crippen molar-refractivity contribution in [1.82, 2.24) is 0 Å². The maximum atomic E-state index is 10.4. The lowest BCUT2D eigenvalue weighted by atomic mass is 10.2. The SMILES string of the molecule is [N-]=Nc1ccccc1C(=O)O. The van der Waals surface area contributed by atoms with Crippen molar-refractivity contribution in [1.29, 1.82) is 0 Å². The molecule has 0 radical (unpaired) electrons. The molecule has 1 aromatic carbocycles. The number of rotatable bonds is 2. The van der Waals surface area contributed by atoms with Crippen molar-refractivity contribution < 1.29 is 9.90 Å². The van der Waals surface area contributed by atoms with Crippen LogP contribution in [-0.2, 0) is 0 Å². The van der Waals surface area contributed by atoms with Gasteiger partial charge in [-0.25, -0.2) is 4.79 Å². The van der Waals surface area contributed by atoms with Gasteiger partial charge in [-0.1, -0.05) is 12.1 Å². The van der Waals surface area contributed by atoms with Gasteiger partial charge in [-0.15, -0.1) is 0 Å². The van der Waals surface area contributed by atoms with Crippen LogP contribution in [0.2, 0.25) is 0 Å². The summed E-state index contributed by atoms with van der Waals surface area (Å²) in [5, 5.41) is 11.3. The zero-order chi connectivity index (χ0) is 8.27. The molecule has 56 valence electrons. The first-order chi connectivity index (χ1) is 5.25. The van der Waals surface area contributed by atoms with Crippen LogP contribution in [-0.4, -0.2) is 11.1 Å². The minimum atomic E-state index is -1.10. The molecule has 0 spiro atoms. The number of nitrogens with zero attached hydrogens (tertiary/aromatic N) is 2. The fourth-order valence-electron chi connectivity index (χ4n) is 0.742. The third-order valence-electron chi connectivity index (χ3n) is 1.24. The Balaban J connectivity index is 3.22. The van der Waals surface area contributed by atoms with Crippen molar-refractivity contribution in [3.63, 3.8) is 0 Å². The van der Waals surface area contributed by atoms with E-state index >= 15 is 0 Å². The molecule has 0 aliphatic carbocycles. The predicted octanol–water partition coefficient (Wildman–Crippen LogP) is 2.04. The Hall–Kier alpha value is -1.71. The summed E-state index contributed by atoms with van der Waals surface area (Å²) in [5.74, 6) is -1.10. The molecule has 0 aromatic heterocycles. The summed E-state index contributed by atoms with van der Waals surface area (Å²) in [4.78, 5) is 10.4. The molecular weight excluding hydrogens is 144 g/mol. The molecule has 0 unspecified atom stereocenters. The van der Waals surface area contributed by atoms with Crippen molar-refractivity contribution in [2.45, 2.75) is 0 Å². The predicted molar refractivity (Wildman–Crippen MR) is 38.8 cm³/mol. The van der Waals surface area contributed by atoms with Crippen LogP contribution in [0.1, 0.15) is 10.4 Å². The van der Waals surface area contributed by atoms with Crippen LogP contribution in [0.15, 0.2) is 29.4 Å². The van der Waals surface area contributed by atoms with Gasteiger partial charge >= 0.3 is 5.97 Å². The lowest BCUT2D eigenvalue weighted by Crippen LogP contribution is -1.95. The number of aromatic carboxylic acids is 1. The van der Waals surface area contributed by atoms with Gasteiger partial charge in [0.15, 0.2) is 0 Å². The second-order valence-electron chi connectivity index (χ2n) is 1.92. The van der Waals surface area contributed by atoms with Gasteiger partial charge in [-0.05, 0) is 12.1 Å². The average molecular weight is 149 g/mol. The van der Waals surface area contributed by atoms with Crippen molar-refractivity contribution in [2.24, 2.45) is 5.11 Å². The molecule has 1 aromatic rings. The third kappa shape index (κ3) is 1.40. The summed E-state index contributed by atoms with van der Waals surface area (Å²) in [7, 11) is 0. The van der Waals surface area contributed by atoms with Crippen LogP contribution in [0.3, 0.4) is 0 Å². The second kappa shape index (κ2) is 2.92. The first-order valence-corrected chi connectivity index (χ1v) is 2.93. The smallest absolute Gasteiger partial charge is 0.337 e. The van der Waals surface area contributed by atoms with Crippen LogP contribution in [0.4, 0.5) is 5.69 Å². The van der Waals surface area contributed by atoms with Crippen molar-refractivity contribution >= 4 is 11.7 Å². The molecule has 11 heavy (non-hydrogen) atoms. The minimum Gasteiger partial charge on any atom is -0.706 e. The average Bonchev–Trinajstić information content (AvgIpc) is 2.04. The highest BCUT2D eigenvalue weighted by atomic mass is 16.4. The molecule has 0 atom stereocenters. The fraction of sp³-hybridized carbons (Fsp3) is 0. The van der Waals surface area contributed by atoms with E-state index in [1.807, 2.05) is 0 Å². The highest BCUT2D eigenvalue weighted by molar-refractivity contribution is 5.93. The standard InChI is InChI=1S/C7H5N2O2/c8-9-6-4-2-1-3-5(6)7(10)11/h1-4H,(H,10,11)/q-1. The Bertz CT molecular complexity index is 296. The van der Waals surface area contributed by atoms with Gasteiger partial charge in [0, 0.05) is 0 Å². The van der Waals surface area contributed by atoms with E-state index in [1.165, 1.54) is 12.1 Å². The molecule has 4 heteroatoms. The fourth-order valence-corrected chi connectivity index (χ4v) is 0.742. The molecule has 0 aliphatic rings. The van der Waals surface area contributed by atoms with Gasteiger partial charge in [0.2, 0.25) is 0 Å². The van der Waals surface area contributed by atoms with E-state index in [0.717, 1.165) is 0 Å². The summed E-state index contributed by atoms with van der Waals surface area (Å²) in [6.07, 6.45) is 0. The van der Waals surface area contributed by atoms with Gasteiger partial charge in [-0.3, -0.25) is 0 Å². The first-order valence-electron chi connectivity index (χ1n) is 2.93. The maximum absolute atomic E-state index is 10.4. The van der Waals surface area contributed by atoms with Crippen LogP contribution in [0.5, 0.6) is 0 Å². The molecule has 1 rings (SSSR count). The van der Waals surface area contributed by atoms with Crippen LogP contribution >= 0.6 is 0 Å². The lowest BCUT2D eigenvalue weighted by Gasteiger charge is -2.00. The number of carboxylic acids is 1. The Labute approximate surface area is 63.0 Å². The summed E-state index contributed by atoms with van der Waals surface area (Å²) in [5.41, 5.74) is 8.39. The zero-order valence-electron chi connectivity index (χ0n) is 5.56. The van der Waals surface area contributed by atoms with E-state index < -0.39 is 5.97 Å². The van der Waals surface area contributed by atoms with E-state index in [2.05, 4.69) is 5.11 Å². The molecule has 0 bridgehead atoms. The molecule has 0 heterocycles. The van der Waals surface area contributed by atoms with Crippen molar-refractivity contribution in [3.8, 4) is 0 Å². The number of hydrogen-bond acceptors (Lipinski definition) is 2. The monoisotopic (exact) mass is 149 g/mol. The van der Waals surface area contributed by atoms with E-state index in [-0.39, 0.29) is 11.3 Å².